The summed E-state index contributed by atoms with van der Waals surface area (Å²) in [6.45, 7) is 8.70. The number of hydrogen-bond acceptors (Lipinski definition) is 3. The van der Waals surface area contributed by atoms with Gasteiger partial charge in [0, 0.05) is 24.6 Å². The molecule has 2 aromatic rings. The molecule has 0 fully saturated rings. The Kier molecular flexibility index (Phi) is 3.28. The zero-order valence-corrected chi connectivity index (χ0v) is 11.8. The van der Waals surface area contributed by atoms with Gasteiger partial charge in [0.25, 0.3) is 0 Å². The predicted molar refractivity (Wildman–Crippen MR) is 70.5 cm³/mol. The molecule has 2 heterocycles. The Hall–Kier alpha value is -1.58. The fourth-order valence-corrected chi connectivity index (χ4v) is 2.21. The lowest BCUT2D eigenvalue weighted by Gasteiger charge is -2.18. The van der Waals surface area contributed by atoms with Gasteiger partial charge in [0.15, 0.2) is 5.89 Å². The highest BCUT2D eigenvalue weighted by atomic mass is 16.3. The van der Waals surface area contributed by atoms with E-state index in [1.54, 1.807) is 12.5 Å². The van der Waals surface area contributed by atoms with E-state index >= 15 is 0 Å². The van der Waals surface area contributed by atoms with Gasteiger partial charge in [0.2, 0.25) is 0 Å². The van der Waals surface area contributed by atoms with E-state index in [1.807, 2.05) is 11.7 Å². The Morgan fingerprint density at radius 3 is 2.67 bits per heavy atom. The van der Waals surface area contributed by atoms with Crippen LogP contribution in [0, 0.1) is 0 Å². The standard InChI is InChI=1S/C14H21N3O/c1-10(13-15-6-7-18-13)8-11-9-17(5)16-12(11)14(2,3)4/h6-7,9-10H,8H2,1-5H3. The normalized spacial score (nSPS) is 13.8. The van der Waals surface area contributed by atoms with E-state index in [2.05, 4.69) is 44.0 Å². The molecule has 0 saturated carbocycles. The minimum absolute atomic E-state index is 0.0624. The number of aromatic nitrogens is 3. The van der Waals surface area contributed by atoms with Crippen LogP contribution in [0.2, 0.25) is 0 Å². The highest BCUT2D eigenvalue weighted by Gasteiger charge is 2.23. The van der Waals surface area contributed by atoms with E-state index in [4.69, 9.17) is 4.42 Å². The van der Waals surface area contributed by atoms with Crippen molar-refractivity contribution in [1.82, 2.24) is 14.8 Å². The summed E-state index contributed by atoms with van der Waals surface area (Å²) in [5, 5.41) is 4.58. The first kappa shape index (κ1) is 12.9. The Balaban J connectivity index is 2.24. The Morgan fingerprint density at radius 1 is 1.39 bits per heavy atom. The number of hydrogen-bond donors (Lipinski definition) is 0. The summed E-state index contributed by atoms with van der Waals surface area (Å²) in [6.07, 6.45) is 6.32. The van der Waals surface area contributed by atoms with Crippen LogP contribution in [0.4, 0.5) is 0 Å². The molecule has 4 heteroatoms. The molecule has 98 valence electrons. The van der Waals surface area contributed by atoms with Crippen LogP contribution in [0.15, 0.2) is 23.1 Å². The summed E-state index contributed by atoms with van der Waals surface area (Å²) in [7, 11) is 1.97. The molecule has 1 unspecified atom stereocenters. The number of nitrogens with zero attached hydrogens (tertiary/aromatic N) is 3. The van der Waals surface area contributed by atoms with Crippen LogP contribution >= 0.6 is 0 Å². The minimum Gasteiger partial charge on any atom is -0.449 e. The molecular weight excluding hydrogens is 226 g/mol. The van der Waals surface area contributed by atoms with Gasteiger partial charge < -0.3 is 4.42 Å². The summed E-state index contributed by atoms with van der Waals surface area (Å²) in [6, 6.07) is 0. The second-order valence-electron chi connectivity index (χ2n) is 5.90. The average Bonchev–Trinajstić information content (AvgIpc) is 2.85. The van der Waals surface area contributed by atoms with Crippen LogP contribution in [-0.2, 0) is 18.9 Å². The average molecular weight is 247 g/mol. The van der Waals surface area contributed by atoms with Crippen molar-refractivity contribution in [3.63, 3.8) is 0 Å². The van der Waals surface area contributed by atoms with Crippen LogP contribution in [-0.4, -0.2) is 14.8 Å². The third kappa shape index (κ3) is 2.63. The van der Waals surface area contributed by atoms with E-state index in [1.165, 1.54) is 5.56 Å². The molecule has 0 aliphatic carbocycles. The molecule has 0 aromatic carbocycles. The maximum atomic E-state index is 5.36. The van der Waals surface area contributed by atoms with Gasteiger partial charge in [0.1, 0.15) is 6.26 Å². The summed E-state index contributed by atoms with van der Waals surface area (Å²) in [5.41, 5.74) is 2.49. The summed E-state index contributed by atoms with van der Waals surface area (Å²) in [5.74, 6) is 1.06. The first-order valence-corrected chi connectivity index (χ1v) is 6.30. The van der Waals surface area contributed by atoms with Crippen molar-refractivity contribution >= 4 is 0 Å². The second-order valence-corrected chi connectivity index (χ2v) is 5.90. The lowest BCUT2D eigenvalue weighted by Crippen LogP contribution is -2.15. The van der Waals surface area contributed by atoms with Gasteiger partial charge in [-0.05, 0) is 12.0 Å². The second kappa shape index (κ2) is 4.59. The minimum atomic E-state index is 0.0624. The van der Waals surface area contributed by atoms with Gasteiger partial charge in [-0.25, -0.2) is 4.98 Å². The molecule has 0 aliphatic rings. The zero-order valence-electron chi connectivity index (χ0n) is 11.8. The van der Waals surface area contributed by atoms with Crippen molar-refractivity contribution in [2.45, 2.75) is 45.4 Å². The SMILES string of the molecule is CC(Cc1cn(C)nc1C(C)(C)C)c1ncco1. The fraction of sp³-hybridized carbons (Fsp3) is 0.571. The molecule has 0 spiro atoms. The lowest BCUT2D eigenvalue weighted by molar-refractivity contribution is 0.454. The van der Waals surface area contributed by atoms with Gasteiger partial charge in [0.05, 0.1) is 11.9 Å². The fourth-order valence-electron chi connectivity index (χ4n) is 2.21. The molecular formula is C14H21N3O. The Morgan fingerprint density at radius 2 is 2.11 bits per heavy atom. The predicted octanol–water partition coefficient (Wildman–Crippen LogP) is 3.05. The van der Waals surface area contributed by atoms with E-state index in [0.29, 0.717) is 0 Å². The van der Waals surface area contributed by atoms with Gasteiger partial charge in [-0.2, -0.15) is 5.10 Å². The van der Waals surface area contributed by atoms with Crippen molar-refractivity contribution in [1.29, 1.82) is 0 Å². The van der Waals surface area contributed by atoms with Gasteiger partial charge >= 0.3 is 0 Å². The van der Waals surface area contributed by atoms with Gasteiger partial charge in [-0.3, -0.25) is 4.68 Å². The van der Waals surface area contributed by atoms with Crippen molar-refractivity contribution in [3.8, 4) is 0 Å². The molecule has 0 saturated heterocycles. The van der Waals surface area contributed by atoms with Gasteiger partial charge in [-0.1, -0.05) is 27.7 Å². The molecule has 2 rings (SSSR count). The maximum Gasteiger partial charge on any atom is 0.197 e. The highest BCUT2D eigenvalue weighted by Crippen LogP contribution is 2.28. The smallest absolute Gasteiger partial charge is 0.197 e. The van der Waals surface area contributed by atoms with Crippen molar-refractivity contribution < 1.29 is 4.42 Å². The van der Waals surface area contributed by atoms with Crippen molar-refractivity contribution in [2.24, 2.45) is 7.05 Å². The van der Waals surface area contributed by atoms with Crippen LogP contribution < -0.4 is 0 Å². The third-order valence-corrected chi connectivity index (χ3v) is 3.01. The van der Waals surface area contributed by atoms with Crippen LogP contribution in [0.25, 0.3) is 0 Å². The molecule has 4 nitrogen and oxygen atoms in total. The number of oxazole rings is 1. The van der Waals surface area contributed by atoms with Crippen LogP contribution in [0.3, 0.4) is 0 Å². The topological polar surface area (TPSA) is 43.9 Å². The summed E-state index contributed by atoms with van der Waals surface area (Å²) >= 11 is 0. The first-order valence-electron chi connectivity index (χ1n) is 6.30. The van der Waals surface area contributed by atoms with Crippen molar-refractivity contribution in [2.75, 3.05) is 0 Å². The van der Waals surface area contributed by atoms with E-state index in [0.717, 1.165) is 18.0 Å². The summed E-state index contributed by atoms with van der Waals surface area (Å²) in [4.78, 5) is 4.22. The van der Waals surface area contributed by atoms with Crippen molar-refractivity contribution in [3.05, 3.63) is 35.8 Å². The summed E-state index contributed by atoms with van der Waals surface area (Å²) < 4.78 is 7.25. The van der Waals surface area contributed by atoms with E-state index in [-0.39, 0.29) is 11.3 Å². The molecule has 0 bridgehead atoms. The van der Waals surface area contributed by atoms with E-state index in [9.17, 15) is 0 Å². The molecule has 0 amide bonds. The Labute approximate surface area is 108 Å². The highest BCUT2D eigenvalue weighted by molar-refractivity contribution is 5.25. The van der Waals surface area contributed by atoms with E-state index < -0.39 is 0 Å². The van der Waals surface area contributed by atoms with Gasteiger partial charge in [-0.15, -0.1) is 0 Å². The largest absolute Gasteiger partial charge is 0.449 e. The van der Waals surface area contributed by atoms with Crippen LogP contribution in [0.5, 0.6) is 0 Å². The lowest BCUT2D eigenvalue weighted by atomic mass is 9.87. The molecule has 0 N–H and O–H groups in total. The van der Waals surface area contributed by atoms with Crippen LogP contribution in [0.1, 0.15) is 50.8 Å². The number of aryl methyl sites for hydroxylation is 1. The molecule has 0 aliphatic heterocycles. The monoisotopic (exact) mass is 247 g/mol. The Bertz CT molecular complexity index is 506. The quantitative estimate of drug-likeness (QED) is 0.837. The molecule has 2 aromatic heterocycles. The zero-order chi connectivity index (χ0) is 13.3. The number of rotatable bonds is 3. The third-order valence-electron chi connectivity index (χ3n) is 3.01. The first-order chi connectivity index (χ1) is 8.38. The maximum absolute atomic E-state index is 5.36. The molecule has 1 atom stereocenters. The molecule has 0 radical (unpaired) electrons. The molecule has 18 heavy (non-hydrogen) atoms.